The van der Waals surface area contributed by atoms with Crippen LogP contribution >= 0.6 is 0 Å². The third-order valence-electron chi connectivity index (χ3n) is 5.40. The van der Waals surface area contributed by atoms with Gasteiger partial charge in [0.25, 0.3) is 0 Å². The maximum absolute atomic E-state index is 12.1. The summed E-state index contributed by atoms with van der Waals surface area (Å²) >= 11 is 0. The molecule has 0 radical (unpaired) electrons. The normalized spacial score (nSPS) is 10.5. The lowest BCUT2D eigenvalue weighted by atomic mass is 10.1. The first-order valence-electron chi connectivity index (χ1n) is 11.4. The van der Waals surface area contributed by atoms with E-state index in [1.165, 1.54) is 0 Å². The van der Waals surface area contributed by atoms with Gasteiger partial charge in [0.05, 0.1) is 0 Å². The van der Waals surface area contributed by atoms with Crippen molar-refractivity contribution < 1.29 is 19.1 Å². The van der Waals surface area contributed by atoms with Crippen LogP contribution in [0.1, 0.15) is 25.7 Å². The van der Waals surface area contributed by atoms with E-state index in [1.54, 1.807) is 24.3 Å². The molecule has 0 amide bonds. The minimum atomic E-state index is -0.308. The number of rotatable bonds is 9. The summed E-state index contributed by atoms with van der Waals surface area (Å²) < 4.78 is 10.8. The van der Waals surface area contributed by atoms with Gasteiger partial charge in [0.1, 0.15) is 11.5 Å². The zero-order chi connectivity index (χ0) is 23.6. The summed E-state index contributed by atoms with van der Waals surface area (Å²) in [6, 6.07) is 34.9. The Kier molecular flexibility index (Phi) is 7.86. The van der Waals surface area contributed by atoms with Crippen LogP contribution in [0.25, 0.3) is 22.3 Å². The number of esters is 2. The maximum Gasteiger partial charge on any atom is 0.311 e. The van der Waals surface area contributed by atoms with Gasteiger partial charge in [-0.15, -0.1) is 0 Å². The first-order valence-corrected chi connectivity index (χ1v) is 11.4. The Bertz CT molecular complexity index is 1100. The zero-order valence-electron chi connectivity index (χ0n) is 18.9. The van der Waals surface area contributed by atoms with Crippen LogP contribution in [-0.2, 0) is 9.59 Å². The molecule has 0 aliphatic heterocycles. The molecule has 0 N–H and O–H groups in total. The Morgan fingerprint density at radius 2 is 0.765 bits per heavy atom. The van der Waals surface area contributed by atoms with Crippen LogP contribution in [0.15, 0.2) is 109 Å². The van der Waals surface area contributed by atoms with Crippen molar-refractivity contribution in [1.82, 2.24) is 0 Å². The quantitative estimate of drug-likeness (QED) is 0.155. The van der Waals surface area contributed by atoms with Crippen LogP contribution in [-0.4, -0.2) is 11.9 Å². The highest BCUT2D eigenvalue weighted by Gasteiger charge is 2.09. The van der Waals surface area contributed by atoms with Crippen molar-refractivity contribution in [1.29, 1.82) is 0 Å². The summed E-state index contributed by atoms with van der Waals surface area (Å²) in [6.45, 7) is 0. The Labute approximate surface area is 199 Å². The van der Waals surface area contributed by atoms with Crippen molar-refractivity contribution >= 4 is 11.9 Å². The van der Waals surface area contributed by atoms with Crippen LogP contribution in [0.5, 0.6) is 11.5 Å². The third-order valence-corrected chi connectivity index (χ3v) is 5.40. The number of carbonyl (C=O) groups is 2. The van der Waals surface area contributed by atoms with E-state index in [0.29, 0.717) is 24.3 Å². The monoisotopic (exact) mass is 450 g/mol. The van der Waals surface area contributed by atoms with Gasteiger partial charge in [0, 0.05) is 12.8 Å². The molecule has 0 bridgehead atoms. The summed E-state index contributed by atoms with van der Waals surface area (Å²) in [4.78, 5) is 24.2. The molecule has 0 saturated carbocycles. The fraction of sp³-hybridized carbons (Fsp3) is 0.133. The molecule has 4 aromatic carbocycles. The van der Waals surface area contributed by atoms with Crippen molar-refractivity contribution in [3.05, 3.63) is 109 Å². The van der Waals surface area contributed by atoms with Gasteiger partial charge in [-0.2, -0.15) is 0 Å². The average molecular weight is 451 g/mol. The lowest BCUT2D eigenvalue weighted by molar-refractivity contribution is -0.136. The number of hydrogen-bond donors (Lipinski definition) is 0. The second kappa shape index (κ2) is 11.6. The van der Waals surface area contributed by atoms with E-state index in [2.05, 4.69) is 0 Å². The van der Waals surface area contributed by atoms with Crippen LogP contribution < -0.4 is 9.47 Å². The lowest BCUT2D eigenvalue weighted by Gasteiger charge is -2.07. The number of ether oxygens (including phenoxy) is 2. The molecule has 0 unspecified atom stereocenters. The highest BCUT2D eigenvalue weighted by molar-refractivity contribution is 5.74. The van der Waals surface area contributed by atoms with Gasteiger partial charge in [-0.1, -0.05) is 84.9 Å². The molecule has 0 aromatic heterocycles. The minimum Gasteiger partial charge on any atom is -0.427 e. The summed E-state index contributed by atoms with van der Waals surface area (Å²) in [6.07, 6.45) is 1.62. The van der Waals surface area contributed by atoms with Crippen LogP contribution in [0.4, 0.5) is 0 Å². The van der Waals surface area contributed by atoms with Gasteiger partial charge < -0.3 is 9.47 Å². The molecule has 0 heterocycles. The zero-order valence-corrected chi connectivity index (χ0v) is 18.9. The molecule has 0 atom stereocenters. The van der Waals surface area contributed by atoms with E-state index in [0.717, 1.165) is 22.3 Å². The number of carbonyl (C=O) groups excluding carboxylic acids is 2. The van der Waals surface area contributed by atoms with Crippen molar-refractivity contribution in [2.75, 3.05) is 0 Å². The van der Waals surface area contributed by atoms with E-state index < -0.39 is 0 Å². The summed E-state index contributed by atoms with van der Waals surface area (Å²) in [7, 11) is 0. The molecule has 0 spiro atoms. The minimum absolute atomic E-state index is 0.249. The third kappa shape index (κ3) is 6.66. The highest BCUT2D eigenvalue weighted by atomic mass is 16.5. The molecule has 0 aliphatic carbocycles. The second-order valence-electron chi connectivity index (χ2n) is 7.94. The SMILES string of the molecule is O=C(CCCCC(=O)Oc1ccc(-c2ccccc2)cc1)Oc1ccc(-c2ccccc2)cc1. The van der Waals surface area contributed by atoms with Gasteiger partial charge in [0.15, 0.2) is 0 Å². The maximum atomic E-state index is 12.1. The number of benzene rings is 4. The molecule has 170 valence electrons. The van der Waals surface area contributed by atoms with Crippen LogP contribution in [0, 0.1) is 0 Å². The van der Waals surface area contributed by atoms with Gasteiger partial charge in [-0.25, -0.2) is 0 Å². The average Bonchev–Trinajstić information content (AvgIpc) is 2.89. The number of hydrogen-bond acceptors (Lipinski definition) is 4. The molecule has 34 heavy (non-hydrogen) atoms. The largest absolute Gasteiger partial charge is 0.427 e. The summed E-state index contributed by atoms with van der Waals surface area (Å²) in [5.41, 5.74) is 4.35. The fourth-order valence-corrected chi connectivity index (χ4v) is 3.60. The Morgan fingerprint density at radius 1 is 0.441 bits per heavy atom. The lowest BCUT2D eigenvalue weighted by Crippen LogP contribution is -2.10. The molecule has 4 nitrogen and oxygen atoms in total. The van der Waals surface area contributed by atoms with Gasteiger partial charge in [-0.05, 0) is 59.4 Å². The van der Waals surface area contributed by atoms with Crippen molar-refractivity contribution in [3.8, 4) is 33.8 Å². The van der Waals surface area contributed by atoms with Crippen molar-refractivity contribution in [2.45, 2.75) is 25.7 Å². The predicted molar refractivity (Wildman–Crippen MR) is 133 cm³/mol. The standard InChI is InChI=1S/C30H26O4/c31-29(33-27-19-15-25(16-20-27)23-9-3-1-4-10-23)13-7-8-14-30(32)34-28-21-17-26(18-22-28)24-11-5-2-6-12-24/h1-6,9-12,15-22H,7-8,13-14H2. The fourth-order valence-electron chi connectivity index (χ4n) is 3.60. The van der Waals surface area contributed by atoms with Crippen LogP contribution in [0.2, 0.25) is 0 Å². The molecular formula is C30H26O4. The summed E-state index contributed by atoms with van der Waals surface area (Å²) in [5, 5.41) is 0. The topological polar surface area (TPSA) is 52.6 Å². The smallest absolute Gasteiger partial charge is 0.311 e. The van der Waals surface area contributed by atoms with Crippen molar-refractivity contribution in [3.63, 3.8) is 0 Å². The van der Waals surface area contributed by atoms with Gasteiger partial charge in [0.2, 0.25) is 0 Å². The Hall–Kier alpha value is -4.18. The Balaban J connectivity index is 1.16. The highest BCUT2D eigenvalue weighted by Crippen LogP contribution is 2.23. The molecule has 0 fully saturated rings. The molecule has 0 saturated heterocycles. The first-order chi connectivity index (χ1) is 16.7. The van der Waals surface area contributed by atoms with Gasteiger partial charge in [-0.3, -0.25) is 9.59 Å². The number of unbranched alkanes of at least 4 members (excludes halogenated alkanes) is 1. The molecule has 0 aliphatic rings. The van der Waals surface area contributed by atoms with Gasteiger partial charge >= 0.3 is 11.9 Å². The molecule has 4 aromatic rings. The second-order valence-corrected chi connectivity index (χ2v) is 7.94. The molecule has 4 heteroatoms. The molecular weight excluding hydrogens is 424 g/mol. The summed E-state index contributed by atoms with van der Waals surface area (Å²) in [5.74, 6) is 0.417. The predicted octanol–water partition coefficient (Wildman–Crippen LogP) is 7.09. The van der Waals surface area contributed by atoms with E-state index in [1.807, 2.05) is 84.9 Å². The van der Waals surface area contributed by atoms with E-state index in [-0.39, 0.29) is 24.8 Å². The van der Waals surface area contributed by atoms with E-state index in [4.69, 9.17) is 9.47 Å². The van der Waals surface area contributed by atoms with Crippen molar-refractivity contribution in [2.24, 2.45) is 0 Å². The van der Waals surface area contributed by atoms with E-state index >= 15 is 0 Å². The Morgan fingerprint density at radius 3 is 1.12 bits per heavy atom. The van der Waals surface area contributed by atoms with E-state index in [9.17, 15) is 9.59 Å². The molecule has 4 rings (SSSR count). The first kappa shape index (κ1) is 23.0. The van der Waals surface area contributed by atoms with Crippen LogP contribution in [0.3, 0.4) is 0 Å².